The zero-order valence-corrected chi connectivity index (χ0v) is 6.61. The average molecular weight is 197 g/mol. The van der Waals surface area contributed by atoms with Crippen LogP contribution in [0.5, 0.6) is 0 Å². The predicted molar refractivity (Wildman–Crippen MR) is 29.6 cm³/mol. The van der Waals surface area contributed by atoms with Crippen molar-refractivity contribution in [1.82, 2.24) is 4.98 Å². The normalized spacial score (nSPS) is 8.71. The summed E-state index contributed by atoms with van der Waals surface area (Å²) in [5, 5.41) is 0. The zero-order chi connectivity index (χ0) is 5.11. The Morgan fingerprint density at radius 2 is 2.29 bits per heavy atom. The molecule has 0 bridgehead atoms. The fraction of sp³-hybridized carbons (Fsp3) is 0. The van der Waals surface area contributed by atoms with E-state index in [9.17, 15) is 0 Å². The monoisotopic (exact) mass is 198 g/mol. The molecule has 0 atom stereocenters. The molecular formula is C5H4NSn. The molecule has 0 amide bonds. The third-order valence-corrected chi connectivity index (χ3v) is 1.51. The molecule has 1 aromatic heterocycles. The Labute approximate surface area is 55.9 Å². The fourth-order valence-corrected chi connectivity index (χ4v) is 0.850. The maximum absolute atomic E-state index is 4.02. The van der Waals surface area contributed by atoms with Gasteiger partial charge in [-0.05, 0) is 0 Å². The van der Waals surface area contributed by atoms with Crippen LogP contribution < -0.4 is 3.71 Å². The molecule has 0 aliphatic rings. The molecule has 1 heterocycles. The van der Waals surface area contributed by atoms with Crippen molar-refractivity contribution < 1.29 is 0 Å². The van der Waals surface area contributed by atoms with Crippen molar-refractivity contribution in [3.05, 3.63) is 24.4 Å². The van der Waals surface area contributed by atoms with Crippen molar-refractivity contribution in [1.29, 1.82) is 0 Å². The molecule has 1 nitrogen and oxygen atoms in total. The van der Waals surface area contributed by atoms with Crippen LogP contribution in [0, 0.1) is 0 Å². The van der Waals surface area contributed by atoms with Gasteiger partial charge in [-0.25, -0.2) is 0 Å². The predicted octanol–water partition coefficient (Wildman–Crippen LogP) is -0.125. The molecule has 0 aliphatic carbocycles. The van der Waals surface area contributed by atoms with Gasteiger partial charge in [0, 0.05) is 0 Å². The summed E-state index contributed by atoms with van der Waals surface area (Å²) in [7, 11) is 0. The molecule has 0 saturated heterocycles. The Hall–Kier alpha value is -0.0513. The van der Waals surface area contributed by atoms with E-state index in [2.05, 4.69) is 4.98 Å². The van der Waals surface area contributed by atoms with Gasteiger partial charge < -0.3 is 0 Å². The van der Waals surface area contributed by atoms with Crippen LogP contribution in [0.15, 0.2) is 24.4 Å². The fourth-order valence-electron chi connectivity index (χ4n) is 0.363. The zero-order valence-electron chi connectivity index (χ0n) is 3.76. The number of aromatic nitrogens is 1. The van der Waals surface area contributed by atoms with Gasteiger partial charge in [0.05, 0.1) is 0 Å². The number of rotatable bonds is 0. The summed E-state index contributed by atoms with van der Waals surface area (Å²) in [5.41, 5.74) is 0. The summed E-state index contributed by atoms with van der Waals surface area (Å²) >= 11 is 1.38. The van der Waals surface area contributed by atoms with Gasteiger partial charge >= 0.3 is 55.6 Å². The summed E-state index contributed by atoms with van der Waals surface area (Å²) in [6, 6.07) is 5.93. The van der Waals surface area contributed by atoms with Crippen LogP contribution in [0.4, 0.5) is 0 Å². The van der Waals surface area contributed by atoms with Crippen LogP contribution in [0.2, 0.25) is 0 Å². The average Bonchev–Trinajstić information content (AvgIpc) is 1.69. The van der Waals surface area contributed by atoms with Gasteiger partial charge in [-0.1, -0.05) is 0 Å². The summed E-state index contributed by atoms with van der Waals surface area (Å²) in [4.78, 5) is 4.02. The Bertz CT molecular complexity index is 138. The van der Waals surface area contributed by atoms with Gasteiger partial charge in [0.1, 0.15) is 0 Å². The van der Waals surface area contributed by atoms with Crippen LogP contribution in [0.3, 0.4) is 0 Å². The molecule has 0 aromatic carbocycles. The standard InChI is InChI=1S/C5H4N.Sn/c1-2-4-6-5-3-1;/h1-4H;. The van der Waals surface area contributed by atoms with Crippen LogP contribution in [0.25, 0.3) is 0 Å². The first-order valence-corrected chi connectivity index (χ1v) is 3.45. The van der Waals surface area contributed by atoms with E-state index < -0.39 is 0 Å². The molecule has 0 unspecified atom stereocenters. The minimum atomic E-state index is 1.16. The van der Waals surface area contributed by atoms with E-state index in [1.165, 1.54) is 22.5 Å². The van der Waals surface area contributed by atoms with Gasteiger partial charge in [0.25, 0.3) is 0 Å². The molecule has 1 aromatic rings. The molecule has 1 rings (SSSR count). The van der Waals surface area contributed by atoms with Crippen molar-refractivity contribution >= 4 is 26.2 Å². The Kier molecular flexibility index (Phi) is 1.68. The second kappa shape index (κ2) is 2.31. The number of pyridine rings is 1. The first-order valence-electron chi connectivity index (χ1n) is 2.02. The summed E-state index contributed by atoms with van der Waals surface area (Å²) in [6.45, 7) is 0. The third-order valence-electron chi connectivity index (χ3n) is 0.665. The van der Waals surface area contributed by atoms with E-state index in [4.69, 9.17) is 0 Å². The van der Waals surface area contributed by atoms with Crippen LogP contribution in [0.1, 0.15) is 0 Å². The van der Waals surface area contributed by atoms with Crippen molar-refractivity contribution in [3.8, 4) is 0 Å². The summed E-state index contributed by atoms with van der Waals surface area (Å²) in [5.74, 6) is 0. The summed E-state index contributed by atoms with van der Waals surface area (Å²) in [6.07, 6.45) is 1.81. The minimum absolute atomic E-state index is 1.16. The molecule has 2 heteroatoms. The van der Waals surface area contributed by atoms with Gasteiger partial charge in [-0.3, -0.25) is 0 Å². The van der Waals surface area contributed by atoms with E-state index in [-0.39, 0.29) is 0 Å². The molecule has 33 valence electrons. The van der Waals surface area contributed by atoms with Crippen LogP contribution in [-0.2, 0) is 0 Å². The second-order valence-electron chi connectivity index (χ2n) is 1.21. The molecule has 0 fully saturated rings. The van der Waals surface area contributed by atoms with Crippen molar-refractivity contribution in [2.45, 2.75) is 0 Å². The molecule has 0 N–H and O–H groups in total. The Morgan fingerprint density at radius 3 is 2.57 bits per heavy atom. The first kappa shape index (κ1) is 5.09. The van der Waals surface area contributed by atoms with Gasteiger partial charge in [-0.2, -0.15) is 0 Å². The molecule has 3 radical (unpaired) electrons. The number of hydrogen-bond acceptors (Lipinski definition) is 1. The molecule has 0 aliphatic heterocycles. The van der Waals surface area contributed by atoms with Crippen molar-refractivity contribution in [2.24, 2.45) is 0 Å². The number of nitrogens with zero attached hydrogens (tertiary/aromatic N) is 1. The molecular weight excluding hydrogens is 193 g/mol. The van der Waals surface area contributed by atoms with Gasteiger partial charge in [0.2, 0.25) is 0 Å². The van der Waals surface area contributed by atoms with Gasteiger partial charge in [0.15, 0.2) is 0 Å². The van der Waals surface area contributed by atoms with E-state index >= 15 is 0 Å². The van der Waals surface area contributed by atoms with Crippen LogP contribution in [-0.4, -0.2) is 27.5 Å². The van der Waals surface area contributed by atoms with Crippen LogP contribution >= 0.6 is 0 Å². The van der Waals surface area contributed by atoms with Crippen molar-refractivity contribution in [2.75, 3.05) is 0 Å². The molecule has 0 saturated carbocycles. The summed E-state index contributed by atoms with van der Waals surface area (Å²) < 4.78 is 1.16. The number of hydrogen-bond donors (Lipinski definition) is 0. The van der Waals surface area contributed by atoms with E-state index in [1.54, 1.807) is 0 Å². The quantitative estimate of drug-likeness (QED) is 0.528. The SMILES string of the molecule is [Sn][c]1ccccn1. The van der Waals surface area contributed by atoms with Crippen molar-refractivity contribution in [3.63, 3.8) is 0 Å². The van der Waals surface area contributed by atoms with E-state index in [1.807, 2.05) is 24.4 Å². The van der Waals surface area contributed by atoms with E-state index in [0.717, 1.165) is 3.71 Å². The topological polar surface area (TPSA) is 12.9 Å². The van der Waals surface area contributed by atoms with E-state index in [0.29, 0.717) is 0 Å². The third kappa shape index (κ3) is 1.47. The molecule has 7 heavy (non-hydrogen) atoms. The van der Waals surface area contributed by atoms with Gasteiger partial charge in [-0.15, -0.1) is 0 Å². The Balaban J connectivity index is 3.02. The first-order chi connectivity index (χ1) is 3.39. The maximum atomic E-state index is 4.02. The Morgan fingerprint density at radius 1 is 1.43 bits per heavy atom. The second-order valence-corrected chi connectivity index (χ2v) is 2.68. The molecule has 0 spiro atoms.